The Morgan fingerprint density at radius 2 is 2.30 bits per heavy atom. The number of nitrogens with one attached hydrogen (secondary N) is 1. The molecule has 7 heteroatoms. The number of rotatable bonds is 7. The first kappa shape index (κ1) is 18.2. The molecule has 4 rings (SSSR count). The van der Waals surface area contributed by atoms with E-state index in [-0.39, 0.29) is 24.0 Å². The molecule has 0 saturated carbocycles. The average molecular weight is 373 g/mol. The SMILES string of the molecule is CCCCC[C@H](C)NC(=O)[C@H]1[C@H]2C(=O)N(c3cc(C)on3)C[C@@]23C=C[C@H]1O3. The van der Waals surface area contributed by atoms with Crippen molar-refractivity contribution < 1.29 is 18.8 Å². The lowest BCUT2D eigenvalue weighted by molar-refractivity contribution is -0.132. The van der Waals surface area contributed by atoms with Gasteiger partial charge in [0, 0.05) is 12.1 Å². The van der Waals surface area contributed by atoms with E-state index in [4.69, 9.17) is 9.26 Å². The number of aromatic nitrogens is 1. The minimum Gasteiger partial charge on any atom is -0.360 e. The molecule has 0 aromatic carbocycles. The zero-order valence-corrected chi connectivity index (χ0v) is 16.1. The summed E-state index contributed by atoms with van der Waals surface area (Å²) >= 11 is 0. The molecule has 1 aromatic heterocycles. The Labute approximate surface area is 159 Å². The van der Waals surface area contributed by atoms with Gasteiger partial charge in [-0.25, -0.2) is 0 Å². The second-order valence-corrected chi connectivity index (χ2v) is 8.03. The first-order valence-corrected chi connectivity index (χ1v) is 9.87. The molecule has 0 aliphatic carbocycles. The van der Waals surface area contributed by atoms with Crippen molar-refractivity contribution in [3.05, 3.63) is 24.0 Å². The van der Waals surface area contributed by atoms with Crippen molar-refractivity contribution in [3.8, 4) is 0 Å². The van der Waals surface area contributed by atoms with Gasteiger partial charge in [0.25, 0.3) is 0 Å². The van der Waals surface area contributed by atoms with Gasteiger partial charge in [-0.1, -0.05) is 43.5 Å². The Morgan fingerprint density at radius 3 is 3.00 bits per heavy atom. The third kappa shape index (κ3) is 2.98. The van der Waals surface area contributed by atoms with Crippen LogP contribution in [0.2, 0.25) is 0 Å². The number of fused-ring (bicyclic) bond motifs is 1. The molecule has 27 heavy (non-hydrogen) atoms. The fourth-order valence-electron chi connectivity index (χ4n) is 4.58. The minimum atomic E-state index is -0.734. The molecule has 2 fully saturated rings. The normalized spacial score (nSPS) is 32.2. The second-order valence-electron chi connectivity index (χ2n) is 8.03. The van der Waals surface area contributed by atoms with Crippen LogP contribution in [0.15, 0.2) is 22.7 Å². The molecule has 2 amide bonds. The van der Waals surface area contributed by atoms with Crippen molar-refractivity contribution in [3.63, 3.8) is 0 Å². The predicted octanol–water partition coefficient (Wildman–Crippen LogP) is 2.35. The van der Waals surface area contributed by atoms with E-state index < -0.39 is 17.4 Å². The van der Waals surface area contributed by atoms with Crippen molar-refractivity contribution in [2.75, 3.05) is 11.4 Å². The van der Waals surface area contributed by atoms with Crippen molar-refractivity contribution in [1.29, 1.82) is 0 Å². The van der Waals surface area contributed by atoms with Gasteiger partial charge in [0.05, 0.1) is 24.5 Å². The molecular formula is C20H27N3O4. The third-order valence-electron chi connectivity index (χ3n) is 5.92. The lowest BCUT2D eigenvalue weighted by atomic mass is 9.76. The van der Waals surface area contributed by atoms with Crippen LogP contribution in [0.1, 0.15) is 45.3 Å². The molecular weight excluding hydrogens is 346 g/mol. The molecule has 0 unspecified atom stereocenters. The van der Waals surface area contributed by atoms with E-state index in [9.17, 15) is 9.59 Å². The number of carbonyl (C=O) groups excluding carboxylic acids is 2. The molecule has 4 heterocycles. The van der Waals surface area contributed by atoms with Crippen LogP contribution in [0.5, 0.6) is 0 Å². The maximum atomic E-state index is 13.1. The quantitative estimate of drug-likeness (QED) is 0.586. The fraction of sp³-hybridized carbons (Fsp3) is 0.650. The molecule has 2 bridgehead atoms. The lowest BCUT2D eigenvalue weighted by Crippen LogP contribution is -2.46. The first-order chi connectivity index (χ1) is 12.9. The summed E-state index contributed by atoms with van der Waals surface area (Å²) in [5.74, 6) is -0.0840. The van der Waals surface area contributed by atoms with Crippen LogP contribution in [0.4, 0.5) is 5.82 Å². The van der Waals surface area contributed by atoms with E-state index in [1.165, 1.54) is 0 Å². The molecule has 146 valence electrons. The molecule has 1 aromatic rings. The van der Waals surface area contributed by atoms with Gasteiger partial charge < -0.3 is 14.6 Å². The lowest BCUT2D eigenvalue weighted by Gasteiger charge is -2.25. The van der Waals surface area contributed by atoms with Crippen molar-refractivity contribution in [1.82, 2.24) is 10.5 Å². The van der Waals surface area contributed by atoms with Crippen molar-refractivity contribution in [2.24, 2.45) is 11.8 Å². The molecule has 0 radical (unpaired) electrons. The van der Waals surface area contributed by atoms with Gasteiger partial charge in [-0.3, -0.25) is 14.5 Å². The fourth-order valence-corrected chi connectivity index (χ4v) is 4.58. The summed E-state index contributed by atoms with van der Waals surface area (Å²) in [6, 6.07) is 1.82. The molecule has 3 aliphatic rings. The maximum Gasteiger partial charge on any atom is 0.235 e. The van der Waals surface area contributed by atoms with Crippen molar-refractivity contribution >= 4 is 17.6 Å². The standard InChI is InChI=1S/C20H27N3O4/c1-4-5-6-7-12(2)21-18(24)16-14-8-9-20(26-14)11-23(19(25)17(16)20)15-10-13(3)27-22-15/h8-10,12,14,16-17H,4-7,11H2,1-3H3,(H,21,24)/t12-,14+,16+,17-,20-/m0/s1. The average Bonchev–Trinajstić information content (AvgIpc) is 3.36. The minimum absolute atomic E-state index is 0.0910. The summed E-state index contributed by atoms with van der Waals surface area (Å²) in [7, 11) is 0. The summed E-state index contributed by atoms with van der Waals surface area (Å²) < 4.78 is 11.2. The molecule has 1 N–H and O–H groups in total. The smallest absolute Gasteiger partial charge is 0.235 e. The molecule has 3 aliphatic heterocycles. The summed E-state index contributed by atoms with van der Waals surface area (Å²) in [5.41, 5.74) is -0.734. The number of hydrogen-bond donors (Lipinski definition) is 1. The first-order valence-electron chi connectivity index (χ1n) is 9.87. The second kappa shape index (κ2) is 6.78. The zero-order valence-electron chi connectivity index (χ0n) is 16.1. The summed E-state index contributed by atoms with van der Waals surface area (Å²) in [6.45, 7) is 6.34. The number of ether oxygens (including phenoxy) is 1. The van der Waals surface area contributed by atoms with Gasteiger partial charge in [0.15, 0.2) is 5.82 Å². The molecule has 1 spiro atoms. The Kier molecular flexibility index (Phi) is 4.58. The highest BCUT2D eigenvalue weighted by Gasteiger charge is 2.67. The van der Waals surface area contributed by atoms with Gasteiger partial charge in [0.1, 0.15) is 11.4 Å². The largest absolute Gasteiger partial charge is 0.360 e. The number of unbranched alkanes of at least 4 members (excludes halogenated alkanes) is 2. The highest BCUT2D eigenvalue weighted by molar-refractivity contribution is 6.02. The van der Waals surface area contributed by atoms with Gasteiger partial charge in [-0.15, -0.1) is 0 Å². The maximum absolute atomic E-state index is 13.1. The van der Waals surface area contributed by atoms with Crippen LogP contribution < -0.4 is 10.2 Å². The van der Waals surface area contributed by atoms with Crippen LogP contribution >= 0.6 is 0 Å². The van der Waals surface area contributed by atoms with Gasteiger partial charge in [-0.05, 0) is 20.3 Å². The van der Waals surface area contributed by atoms with Crippen LogP contribution in [0, 0.1) is 18.8 Å². The monoisotopic (exact) mass is 373 g/mol. The number of amides is 2. The summed E-state index contributed by atoms with van der Waals surface area (Å²) in [5, 5.41) is 7.06. The van der Waals surface area contributed by atoms with E-state index in [2.05, 4.69) is 17.4 Å². The van der Waals surface area contributed by atoms with Crippen molar-refractivity contribution in [2.45, 2.75) is 64.2 Å². The third-order valence-corrected chi connectivity index (χ3v) is 5.92. The van der Waals surface area contributed by atoms with E-state index in [0.29, 0.717) is 18.1 Å². The van der Waals surface area contributed by atoms with Gasteiger partial charge in [-0.2, -0.15) is 0 Å². The molecule has 7 nitrogen and oxygen atoms in total. The number of nitrogens with zero attached hydrogens (tertiary/aromatic N) is 2. The summed E-state index contributed by atoms with van der Waals surface area (Å²) in [4.78, 5) is 27.7. The van der Waals surface area contributed by atoms with Crippen LogP contribution in [-0.2, 0) is 14.3 Å². The Bertz CT molecular complexity index is 773. The Morgan fingerprint density at radius 1 is 1.48 bits per heavy atom. The van der Waals surface area contributed by atoms with Crippen LogP contribution in [0.3, 0.4) is 0 Å². The van der Waals surface area contributed by atoms with Gasteiger partial charge in [0.2, 0.25) is 11.8 Å². The van der Waals surface area contributed by atoms with E-state index in [1.54, 1.807) is 17.9 Å². The number of aryl methyl sites for hydroxylation is 1. The van der Waals surface area contributed by atoms with E-state index in [0.717, 1.165) is 25.7 Å². The van der Waals surface area contributed by atoms with Gasteiger partial charge >= 0.3 is 0 Å². The molecule has 2 saturated heterocycles. The zero-order chi connectivity index (χ0) is 19.2. The highest BCUT2D eigenvalue weighted by Crippen LogP contribution is 2.52. The van der Waals surface area contributed by atoms with E-state index in [1.807, 2.05) is 19.1 Å². The predicted molar refractivity (Wildman–Crippen MR) is 99.1 cm³/mol. The highest BCUT2D eigenvalue weighted by atomic mass is 16.5. The van der Waals surface area contributed by atoms with Crippen LogP contribution in [0.25, 0.3) is 0 Å². The van der Waals surface area contributed by atoms with E-state index >= 15 is 0 Å². The molecule has 5 atom stereocenters. The van der Waals surface area contributed by atoms with Crippen LogP contribution in [-0.4, -0.2) is 41.3 Å². The Balaban J connectivity index is 1.50. The Hall–Kier alpha value is -2.15. The number of carbonyl (C=O) groups is 2. The number of anilines is 1. The topological polar surface area (TPSA) is 84.7 Å². The number of hydrogen-bond acceptors (Lipinski definition) is 5. The summed E-state index contributed by atoms with van der Waals surface area (Å²) in [6.07, 6.45) is 7.89.